The Bertz CT molecular complexity index is 473. The van der Waals surface area contributed by atoms with E-state index in [1.807, 2.05) is 19.9 Å². The molecule has 1 aromatic rings. The van der Waals surface area contributed by atoms with Crippen molar-refractivity contribution < 1.29 is 9.53 Å². The van der Waals surface area contributed by atoms with Gasteiger partial charge in [0.2, 0.25) is 0 Å². The summed E-state index contributed by atoms with van der Waals surface area (Å²) in [6.45, 7) is 7.86. The molecule has 0 heterocycles. The molecule has 100 valence electrons. The van der Waals surface area contributed by atoms with Crippen LogP contribution in [0.4, 0.5) is 0 Å². The van der Waals surface area contributed by atoms with Crippen molar-refractivity contribution in [2.45, 2.75) is 25.7 Å². The van der Waals surface area contributed by atoms with Crippen LogP contribution in [0.1, 0.15) is 25.8 Å². The van der Waals surface area contributed by atoms with E-state index < -0.39 is 11.4 Å². The standard InChI is InChI=1S/C16H19NO2/c1-4-10-16(12-17,14-8-6-5-7-9-14)15(18)19-11-13(2)3/h4-9,13H,1,10-11H2,2-3H3/t16-/m1/s1. The number of hydrogen-bond acceptors (Lipinski definition) is 3. The van der Waals surface area contributed by atoms with Gasteiger partial charge in [-0.05, 0) is 17.9 Å². The lowest BCUT2D eigenvalue weighted by Crippen LogP contribution is -2.36. The molecule has 0 saturated heterocycles. The molecule has 0 aliphatic rings. The Morgan fingerprint density at radius 3 is 2.58 bits per heavy atom. The maximum Gasteiger partial charge on any atom is 0.331 e. The zero-order valence-corrected chi connectivity index (χ0v) is 11.4. The summed E-state index contributed by atoms with van der Waals surface area (Å²) < 4.78 is 5.26. The van der Waals surface area contributed by atoms with E-state index in [0.717, 1.165) is 0 Å². The predicted molar refractivity (Wildman–Crippen MR) is 74.3 cm³/mol. The number of nitriles is 1. The third-order valence-corrected chi connectivity index (χ3v) is 2.80. The van der Waals surface area contributed by atoms with Crippen LogP contribution in [0.5, 0.6) is 0 Å². The highest BCUT2D eigenvalue weighted by atomic mass is 16.5. The van der Waals surface area contributed by atoms with Crippen LogP contribution < -0.4 is 0 Å². The number of esters is 1. The van der Waals surface area contributed by atoms with Crippen molar-refractivity contribution in [2.24, 2.45) is 5.92 Å². The molecule has 3 heteroatoms. The van der Waals surface area contributed by atoms with Crippen LogP contribution in [-0.2, 0) is 14.9 Å². The van der Waals surface area contributed by atoms with Gasteiger partial charge in [-0.25, -0.2) is 4.79 Å². The van der Waals surface area contributed by atoms with Gasteiger partial charge in [-0.3, -0.25) is 0 Å². The van der Waals surface area contributed by atoms with E-state index in [1.54, 1.807) is 30.3 Å². The molecule has 1 atom stereocenters. The fourth-order valence-corrected chi connectivity index (χ4v) is 1.78. The molecule has 0 bridgehead atoms. The van der Waals surface area contributed by atoms with Crippen molar-refractivity contribution >= 4 is 5.97 Å². The third kappa shape index (κ3) is 3.45. The zero-order valence-electron chi connectivity index (χ0n) is 11.4. The Morgan fingerprint density at radius 1 is 1.47 bits per heavy atom. The van der Waals surface area contributed by atoms with E-state index in [9.17, 15) is 10.1 Å². The lowest BCUT2D eigenvalue weighted by Gasteiger charge is -2.24. The van der Waals surface area contributed by atoms with Crippen molar-refractivity contribution in [3.8, 4) is 6.07 Å². The summed E-state index contributed by atoms with van der Waals surface area (Å²) in [6.07, 6.45) is 1.82. The second-order valence-corrected chi connectivity index (χ2v) is 4.87. The molecule has 3 nitrogen and oxygen atoms in total. The fraction of sp³-hybridized carbons (Fsp3) is 0.375. The van der Waals surface area contributed by atoms with Gasteiger partial charge in [0.1, 0.15) is 0 Å². The summed E-state index contributed by atoms with van der Waals surface area (Å²) in [5.41, 5.74) is -0.649. The van der Waals surface area contributed by atoms with Crippen LogP contribution in [0.25, 0.3) is 0 Å². The number of carbonyl (C=O) groups excluding carboxylic acids is 1. The number of ether oxygens (including phenoxy) is 1. The van der Waals surface area contributed by atoms with E-state index in [4.69, 9.17) is 4.74 Å². The van der Waals surface area contributed by atoms with Gasteiger partial charge < -0.3 is 4.74 Å². The summed E-state index contributed by atoms with van der Waals surface area (Å²) in [4.78, 5) is 12.3. The highest BCUT2D eigenvalue weighted by molar-refractivity contribution is 5.87. The fourth-order valence-electron chi connectivity index (χ4n) is 1.78. The predicted octanol–water partition coefficient (Wildman–Crippen LogP) is 3.22. The first-order valence-electron chi connectivity index (χ1n) is 6.31. The van der Waals surface area contributed by atoms with E-state index >= 15 is 0 Å². The molecule has 0 aromatic heterocycles. The Balaban J connectivity index is 3.10. The number of allylic oxidation sites excluding steroid dienone is 1. The lowest BCUT2D eigenvalue weighted by atomic mass is 9.79. The molecule has 0 aliphatic heterocycles. The molecular weight excluding hydrogens is 238 g/mol. The average molecular weight is 257 g/mol. The third-order valence-electron chi connectivity index (χ3n) is 2.80. The largest absolute Gasteiger partial charge is 0.464 e. The minimum absolute atomic E-state index is 0.236. The van der Waals surface area contributed by atoms with Crippen LogP contribution in [0.2, 0.25) is 0 Å². The Labute approximate surface area is 114 Å². The first-order chi connectivity index (χ1) is 9.06. The van der Waals surface area contributed by atoms with Gasteiger partial charge in [-0.2, -0.15) is 5.26 Å². The topological polar surface area (TPSA) is 50.1 Å². The Kier molecular flexibility index (Phi) is 5.32. The summed E-state index contributed by atoms with van der Waals surface area (Å²) in [5.74, 6) is -0.269. The smallest absolute Gasteiger partial charge is 0.331 e. The number of nitrogens with zero attached hydrogens (tertiary/aromatic N) is 1. The molecule has 0 saturated carbocycles. The average Bonchev–Trinajstić information content (AvgIpc) is 2.43. The SMILES string of the molecule is C=CC[C@](C#N)(C(=O)OCC(C)C)c1ccccc1. The van der Waals surface area contributed by atoms with Crippen molar-refractivity contribution in [2.75, 3.05) is 6.61 Å². The first-order valence-corrected chi connectivity index (χ1v) is 6.31. The van der Waals surface area contributed by atoms with Crippen LogP contribution in [0, 0.1) is 17.2 Å². The minimum Gasteiger partial charge on any atom is -0.464 e. The van der Waals surface area contributed by atoms with E-state index in [1.165, 1.54) is 0 Å². The van der Waals surface area contributed by atoms with Crippen LogP contribution in [0.15, 0.2) is 43.0 Å². The van der Waals surface area contributed by atoms with Gasteiger partial charge >= 0.3 is 5.97 Å². The maximum atomic E-state index is 12.3. The van der Waals surface area contributed by atoms with Gasteiger partial charge in [0.15, 0.2) is 5.41 Å². The highest BCUT2D eigenvalue weighted by Crippen LogP contribution is 2.29. The molecule has 1 rings (SSSR count). The quantitative estimate of drug-likeness (QED) is 0.580. The second-order valence-electron chi connectivity index (χ2n) is 4.87. The molecule has 0 radical (unpaired) electrons. The summed E-state index contributed by atoms with van der Waals surface area (Å²) in [6, 6.07) is 11.1. The van der Waals surface area contributed by atoms with Gasteiger partial charge in [0.05, 0.1) is 12.7 Å². The van der Waals surface area contributed by atoms with Crippen LogP contribution in [-0.4, -0.2) is 12.6 Å². The number of rotatable bonds is 6. The first kappa shape index (κ1) is 15.0. The molecular formula is C16H19NO2. The van der Waals surface area contributed by atoms with E-state index in [2.05, 4.69) is 12.6 Å². The number of carbonyl (C=O) groups is 1. The molecule has 0 aliphatic carbocycles. The molecule has 0 N–H and O–H groups in total. The van der Waals surface area contributed by atoms with Gasteiger partial charge in [-0.1, -0.05) is 50.3 Å². The summed E-state index contributed by atoms with van der Waals surface area (Å²) >= 11 is 0. The highest BCUT2D eigenvalue weighted by Gasteiger charge is 2.41. The second kappa shape index (κ2) is 6.75. The summed E-state index contributed by atoms with van der Waals surface area (Å²) in [5, 5.41) is 9.50. The maximum absolute atomic E-state index is 12.3. The van der Waals surface area contributed by atoms with Crippen LogP contribution in [0.3, 0.4) is 0 Å². The molecule has 0 unspecified atom stereocenters. The van der Waals surface area contributed by atoms with Crippen molar-refractivity contribution in [3.05, 3.63) is 48.6 Å². The molecule has 1 aromatic carbocycles. The lowest BCUT2D eigenvalue weighted by molar-refractivity contribution is -0.149. The normalized spacial score (nSPS) is 13.4. The van der Waals surface area contributed by atoms with E-state index in [-0.39, 0.29) is 12.3 Å². The van der Waals surface area contributed by atoms with Gasteiger partial charge in [0, 0.05) is 0 Å². The van der Waals surface area contributed by atoms with E-state index in [0.29, 0.717) is 12.2 Å². The van der Waals surface area contributed by atoms with Crippen molar-refractivity contribution in [1.29, 1.82) is 5.26 Å². The molecule has 0 spiro atoms. The molecule has 0 amide bonds. The Morgan fingerprint density at radius 2 is 2.11 bits per heavy atom. The molecule has 19 heavy (non-hydrogen) atoms. The number of hydrogen-bond donors (Lipinski definition) is 0. The van der Waals surface area contributed by atoms with Gasteiger partial charge in [0.25, 0.3) is 0 Å². The van der Waals surface area contributed by atoms with Crippen LogP contribution >= 0.6 is 0 Å². The Hall–Kier alpha value is -2.08. The summed E-state index contributed by atoms with van der Waals surface area (Å²) in [7, 11) is 0. The van der Waals surface area contributed by atoms with Crippen molar-refractivity contribution in [3.63, 3.8) is 0 Å². The minimum atomic E-state index is -1.29. The number of benzene rings is 1. The van der Waals surface area contributed by atoms with Gasteiger partial charge in [-0.15, -0.1) is 6.58 Å². The van der Waals surface area contributed by atoms with Crippen molar-refractivity contribution in [1.82, 2.24) is 0 Å². The molecule has 0 fully saturated rings. The monoisotopic (exact) mass is 257 g/mol. The zero-order chi connectivity index (χ0) is 14.3.